The summed E-state index contributed by atoms with van der Waals surface area (Å²) in [5.41, 5.74) is 1.15. The van der Waals surface area contributed by atoms with Gasteiger partial charge in [-0.1, -0.05) is 18.2 Å². The summed E-state index contributed by atoms with van der Waals surface area (Å²) >= 11 is 0. The van der Waals surface area contributed by atoms with Gasteiger partial charge in [0.05, 0.1) is 40.6 Å². The summed E-state index contributed by atoms with van der Waals surface area (Å²) in [5, 5.41) is 7.31. The lowest BCUT2D eigenvalue weighted by Crippen LogP contribution is -2.26. The van der Waals surface area contributed by atoms with Crippen LogP contribution in [0.4, 0.5) is 4.39 Å². The molecule has 4 aromatic rings. The Morgan fingerprint density at radius 1 is 1.11 bits per heavy atom. The van der Waals surface area contributed by atoms with E-state index < -0.39 is 0 Å². The van der Waals surface area contributed by atoms with Gasteiger partial charge in [-0.3, -0.25) is 14.2 Å². The molecule has 192 valence electrons. The molecule has 0 fully saturated rings. The quantitative estimate of drug-likeness (QED) is 0.329. The monoisotopic (exact) mass is 507 g/mol. The van der Waals surface area contributed by atoms with Gasteiger partial charge >= 0.3 is 0 Å². The van der Waals surface area contributed by atoms with Crippen LogP contribution < -0.4 is 25.1 Å². The Kier molecular flexibility index (Phi) is 7.82. The van der Waals surface area contributed by atoms with Crippen molar-refractivity contribution in [1.82, 2.24) is 24.6 Å². The first-order chi connectivity index (χ1) is 17.9. The third-order valence-corrected chi connectivity index (χ3v) is 5.66. The minimum absolute atomic E-state index is 0.0635. The van der Waals surface area contributed by atoms with Gasteiger partial charge in [-0.05, 0) is 29.8 Å². The highest BCUT2D eigenvalue weighted by atomic mass is 19.1. The highest BCUT2D eigenvalue weighted by Crippen LogP contribution is 2.38. The summed E-state index contributed by atoms with van der Waals surface area (Å²) in [6.07, 6.45) is 5.81. The van der Waals surface area contributed by atoms with E-state index in [0.29, 0.717) is 46.0 Å². The van der Waals surface area contributed by atoms with Gasteiger partial charge in [0.2, 0.25) is 11.7 Å². The molecule has 2 aromatic carbocycles. The van der Waals surface area contributed by atoms with Gasteiger partial charge in [0, 0.05) is 18.2 Å². The number of ether oxygens (including phenoxy) is 3. The van der Waals surface area contributed by atoms with Crippen LogP contribution in [0.2, 0.25) is 0 Å². The Labute approximate surface area is 211 Å². The number of benzene rings is 2. The van der Waals surface area contributed by atoms with Gasteiger partial charge < -0.3 is 19.5 Å². The lowest BCUT2D eigenvalue weighted by molar-refractivity contribution is -0.116. The lowest BCUT2D eigenvalue weighted by atomic mass is 10.1. The molecule has 2 heterocycles. The van der Waals surface area contributed by atoms with Crippen LogP contribution >= 0.6 is 0 Å². The van der Waals surface area contributed by atoms with Crippen LogP contribution in [0.25, 0.3) is 17.1 Å². The molecule has 0 spiro atoms. The summed E-state index contributed by atoms with van der Waals surface area (Å²) in [7, 11) is 4.55. The van der Waals surface area contributed by atoms with Gasteiger partial charge in [-0.15, -0.1) is 0 Å². The number of hydrogen-bond donors (Lipinski definition) is 1. The fourth-order valence-electron chi connectivity index (χ4n) is 3.80. The maximum atomic E-state index is 14.0. The maximum Gasteiger partial charge on any atom is 0.264 e. The molecule has 0 unspecified atom stereocenters. The molecule has 0 aliphatic rings. The fraction of sp³-hybridized carbons (Fsp3) is 0.231. The zero-order chi connectivity index (χ0) is 26.4. The van der Waals surface area contributed by atoms with Gasteiger partial charge in [0.25, 0.3) is 5.56 Å². The van der Waals surface area contributed by atoms with Gasteiger partial charge in [0.15, 0.2) is 17.1 Å². The highest BCUT2D eigenvalue weighted by Gasteiger charge is 2.13. The summed E-state index contributed by atoms with van der Waals surface area (Å²) in [6, 6.07) is 9.72. The van der Waals surface area contributed by atoms with Crippen molar-refractivity contribution >= 4 is 23.0 Å². The number of fused-ring (bicyclic) bond motifs is 1. The number of hydrogen-bond acceptors (Lipinski definition) is 7. The van der Waals surface area contributed by atoms with E-state index in [1.54, 1.807) is 36.4 Å². The molecule has 0 aliphatic carbocycles. The Balaban J connectivity index is 1.39. The van der Waals surface area contributed by atoms with Crippen LogP contribution in [0.1, 0.15) is 11.1 Å². The predicted octanol–water partition coefficient (Wildman–Crippen LogP) is 2.64. The van der Waals surface area contributed by atoms with E-state index in [9.17, 15) is 14.0 Å². The minimum atomic E-state index is -0.389. The van der Waals surface area contributed by atoms with E-state index >= 15 is 0 Å². The van der Waals surface area contributed by atoms with Crippen molar-refractivity contribution in [1.29, 1.82) is 0 Å². The molecule has 0 radical (unpaired) electrons. The zero-order valence-electron chi connectivity index (χ0n) is 20.6. The second kappa shape index (κ2) is 11.4. The standard InChI is InChI=1S/C26H26FN5O5/c1-35-21-12-17(13-22(36-2)24(21)37-3)8-9-23(33)28-10-11-32-25-19(14-30-32)26(34)31(16-29-25)15-18-6-4-5-7-20(18)27/h4-9,12-14,16H,10-11,15H2,1-3H3,(H,28,33)/b9-8-. The van der Waals surface area contributed by atoms with Crippen molar-refractivity contribution in [2.45, 2.75) is 13.1 Å². The van der Waals surface area contributed by atoms with Crippen molar-refractivity contribution in [2.75, 3.05) is 27.9 Å². The lowest BCUT2D eigenvalue weighted by Gasteiger charge is -2.12. The molecule has 0 saturated carbocycles. The molecule has 4 rings (SSSR count). The number of nitrogens with zero attached hydrogens (tertiary/aromatic N) is 4. The van der Waals surface area contributed by atoms with Crippen LogP contribution in [0.3, 0.4) is 0 Å². The predicted molar refractivity (Wildman–Crippen MR) is 135 cm³/mol. The van der Waals surface area contributed by atoms with Crippen molar-refractivity contribution < 1.29 is 23.4 Å². The molecule has 1 N–H and O–H groups in total. The molecule has 37 heavy (non-hydrogen) atoms. The van der Waals surface area contributed by atoms with Crippen LogP contribution in [-0.4, -0.2) is 53.1 Å². The summed E-state index contributed by atoms with van der Waals surface area (Å²) in [5.74, 6) is 0.720. The van der Waals surface area contributed by atoms with Crippen molar-refractivity contribution in [3.63, 3.8) is 0 Å². The van der Waals surface area contributed by atoms with Crippen LogP contribution in [-0.2, 0) is 17.9 Å². The highest BCUT2D eigenvalue weighted by molar-refractivity contribution is 5.91. The Morgan fingerprint density at radius 3 is 2.51 bits per heavy atom. The number of nitrogens with one attached hydrogen (secondary N) is 1. The first-order valence-corrected chi connectivity index (χ1v) is 11.4. The maximum absolute atomic E-state index is 14.0. The van der Waals surface area contributed by atoms with E-state index in [-0.39, 0.29) is 30.4 Å². The van der Waals surface area contributed by atoms with Crippen molar-refractivity contribution in [3.05, 3.63) is 82.3 Å². The number of amides is 1. The number of methoxy groups -OCH3 is 3. The molecule has 0 atom stereocenters. The SMILES string of the molecule is COc1cc(/C=C\C(=O)NCCn2ncc3c(=O)n(Cc4ccccc4F)cnc32)cc(OC)c1OC. The molecule has 0 saturated heterocycles. The van der Waals surface area contributed by atoms with Crippen LogP contribution in [0, 0.1) is 5.82 Å². The third-order valence-electron chi connectivity index (χ3n) is 5.66. The summed E-state index contributed by atoms with van der Waals surface area (Å²) in [6.45, 7) is 0.625. The summed E-state index contributed by atoms with van der Waals surface area (Å²) in [4.78, 5) is 29.5. The number of carbonyl (C=O) groups is 1. The second-order valence-electron chi connectivity index (χ2n) is 7.96. The van der Waals surface area contributed by atoms with Gasteiger partial charge in [0.1, 0.15) is 17.5 Å². The topological polar surface area (TPSA) is 110 Å². The molecule has 0 bridgehead atoms. The normalized spacial score (nSPS) is 11.1. The smallest absolute Gasteiger partial charge is 0.264 e. The molecule has 0 aliphatic heterocycles. The Morgan fingerprint density at radius 2 is 1.84 bits per heavy atom. The van der Waals surface area contributed by atoms with Gasteiger partial charge in [-0.2, -0.15) is 5.10 Å². The Hall–Kier alpha value is -4.67. The molecule has 2 aromatic heterocycles. The first kappa shape index (κ1) is 25.4. The molecule has 10 nitrogen and oxygen atoms in total. The fourth-order valence-corrected chi connectivity index (χ4v) is 3.80. The van der Waals surface area contributed by atoms with Crippen molar-refractivity contribution in [2.24, 2.45) is 0 Å². The number of aromatic nitrogens is 4. The van der Waals surface area contributed by atoms with Crippen LogP contribution in [0.15, 0.2) is 59.8 Å². The first-order valence-electron chi connectivity index (χ1n) is 11.4. The largest absolute Gasteiger partial charge is 0.493 e. The minimum Gasteiger partial charge on any atom is -0.493 e. The zero-order valence-corrected chi connectivity index (χ0v) is 20.6. The Bertz CT molecular complexity index is 1490. The van der Waals surface area contributed by atoms with E-state index in [1.165, 1.54) is 55.2 Å². The average molecular weight is 508 g/mol. The van der Waals surface area contributed by atoms with E-state index in [0.717, 1.165) is 0 Å². The van der Waals surface area contributed by atoms with Crippen LogP contribution in [0.5, 0.6) is 17.2 Å². The number of halogens is 1. The van der Waals surface area contributed by atoms with E-state index in [1.807, 2.05) is 0 Å². The van der Waals surface area contributed by atoms with E-state index in [4.69, 9.17) is 14.2 Å². The molecular weight excluding hydrogens is 481 g/mol. The molecule has 1 amide bonds. The second-order valence-corrected chi connectivity index (χ2v) is 7.96. The number of carbonyl (C=O) groups excluding carboxylic acids is 1. The number of rotatable bonds is 10. The van der Waals surface area contributed by atoms with Gasteiger partial charge in [-0.25, -0.2) is 14.1 Å². The van der Waals surface area contributed by atoms with E-state index in [2.05, 4.69) is 15.4 Å². The molecule has 11 heteroatoms. The third kappa shape index (κ3) is 5.61. The summed E-state index contributed by atoms with van der Waals surface area (Å²) < 4.78 is 32.8. The molecular formula is C26H26FN5O5. The average Bonchev–Trinajstić information content (AvgIpc) is 3.33. The van der Waals surface area contributed by atoms with Crippen molar-refractivity contribution in [3.8, 4) is 17.2 Å².